The third kappa shape index (κ3) is 4.96. The topological polar surface area (TPSA) is 55.1 Å². The molecule has 0 radical (unpaired) electrons. The largest absolute Gasteiger partial charge is 0.431 e. The maximum atomic E-state index is 12.4. The minimum Gasteiger partial charge on any atom is -0.431 e. The third-order valence-corrected chi connectivity index (χ3v) is 5.92. The van der Waals surface area contributed by atoms with Gasteiger partial charge in [0.2, 0.25) is 5.91 Å². The van der Waals surface area contributed by atoms with Crippen molar-refractivity contribution >= 4 is 35.1 Å². The number of hydrogen-bond donors (Lipinski definition) is 1. The first-order valence-corrected chi connectivity index (χ1v) is 11.6. The maximum absolute atomic E-state index is 12.4. The minimum absolute atomic E-state index is 0.0982. The quantitative estimate of drug-likeness (QED) is 0.340. The lowest BCUT2D eigenvalue weighted by Gasteiger charge is -2.05. The van der Waals surface area contributed by atoms with Crippen LogP contribution < -0.4 is 5.32 Å². The highest BCUT2D eigenvalue weighted by molar-refractivity contribution is 7.99. The molecule has 0 atom stereocenters. The summed E-state index contributed by atoms with van der Waals surface area (Å²) in [7, 11) is 0. The highest BCUT2D eigenvalue weighted by Gasteiger charge is 2.18. The van der Waals surface area contributed by atoms with Gasteiger partial charge in [0.15, 0.2) is 5.76 Å². The van der Waals surface area contributed by atoms with Gasteiger partial charge in [0.05, 0.1) is 5.75 Å². The molecule has 30 heavy (non-hydrogen) atoms. The van der Waals surface area contributed by atoms with Gasteiger partial charge in [-0.15, -0.1) is 11.8 Å². The van der Waals surface area contributed by atoms with E-state index in [-0.39, 0.29) is 11.7 Å². The van der Waals surface area contributed by atoms with Gasteiger partial charge in [-0.25, -0.2) is 4.98 Å². The number of anilines is 1. The molecule has 1 heterocycles. The monoisotopic (exact) mass is 432 g/mol. The molecule has 0 spiro atoms. The summed E-state index contributed by atoms with van der Waals surface area (Å²) in [6, 6.07) is 27.6. The molecular weight excluding hydrogens is 412 g/mol. The molecule has 0 aliphatic carbocycles. The molecular formula is C24H20N2O2S2. The summed E-state index contributed by atoms with van der Waals surface area (Å²) in [5.41, 5.74) is 3.49. The fraction of sp³-hybridized carbons (Fsp3) is 0.0833. The second kappa shape index (κ2) is 9.69. The summed E-state index contributed by atoms with van der Waals surface area (Å²) >= 11 is 2.93. The Morgan fingerprint density at radius 1 is 0.933 bits per heavy atom. The van der Waals surface area contributed by atoms with E-state index in [4.69, 9.17) is 4.42 Å². The number of aromatic nitrogens is 1. The highest BCUT2D eigenvalue weighted by atomic mass is 32.2. The molecule has 4 rings (SSSR count). The summed E-state index contributed by atoms with van der Waals surface area (Å²) in [5.74, 6) is 0.822. The van der Waals surface area contributed by atoms with Crippen molar-refractivity contribution in [1.82, 2.24) is 4.98 Å². The van der Waals surface area contributed by atoms with Crippen LogP contribution >= 0.6 is 23.5 Å². The van der Waals surface area contributed by atoms with Crippen molar-refractivity contribution < 1.29 is 9.21 Å². The van der Waals surface area contributed by atoms with Gasteiger partial charge in [-0.05, 0) is 24.5 Å². The van der Waals surface area contributed by atoms with Crippen LogP contribution in [0.5, 0.6) is 0 Å². The van der Waals surface area contributed by atoms with Crippen molar-refractivity contribution in [3.63, 3.8) is 0 Å². The Hall–Kier alpha value is -2.96. The molecule has 6 heteroatoms. The van der Waals surface area contributed by atoms with Crippen LogP contribution in [0.1, 0.15) is 0 Å². The van der Waals surface area contributed by atoms with Crippen LogP contribution in [-0.2, 0) is 4.79 Å². The summed E-state index contributed by atoms with van der Waals surface area (Å²) in [6.45, 7) is 0. The van der Waals surface area contributed by atoms with Crippen LogP contribution in [0.2, 0.25) is 0 Å². The first kappa shape index (κ1) is 20.3. The van der Waals surface area contributed by atoms with Crippen molar-refractivity contribution in [2.45, 2.75) is 10.1 Å². The Morgan fingerprint density at radius 3 is 2.33 bits per heavy atom. The molecule has 3 aromatic carbocycles. The van der Waals surface area contributed by atoms with E-state index in [2.05, 4.69) is 10.3 Å². The highest BCUT2D eigenvalue weighted by Crippen LogP contribution is 2.35. The summed E-state index contributed by atoms with van der Waals surface area (Å²) < 4.78 is 6.06. The predicted molar refractivity (Wildman–Crippen MR) is 125 cm³/mol. The van der Waals surface area contributed by atoms with Gasteiger partial charge in [-0.1, -0.05) is 78.5 Å². The molecule has 4 nitrogen and oxygen atoms in total. The Balaban J connectivity index is 1.52. The molecule has 1 amide bonds. The number of rotatable bonds is 7. The molecule has 0 fully saturated rings. The van der Waals surface area contributed by atoms with Crippen molar-refractivity contribution in [2.24, 2.45) is 0 Å². The van der Waals surface area contributed by atoms with Gasteiger partial charge in [0, 0.05) is 21.7 Å². The average molecular weight is 433 g/mol. The van der Waals surface area contributed by atoms with Gasteiger partial charge in [-0.2, -0.15) is 0 Å². The Bertz CT molecular complexity index is 1070. The minimum atomic E-state index is -0.0982. The Morgan fingerprint density at radius 2 is 1.63 bits per heavy atom. The number of thioether (sulfide) groups is 2. The fourth-order valence-corrected chi connectivity index (χ4v) is 4.05. The average Bonchev–Trinajstić information content (AvgIpc) is 3.23. The first-order chi connectivity index (χ1) is 14.7. The number of amides is 1. The third-order valence-electron chi connectivity index (χ3n) is 4.37. The molecule has 0 saturated carbocycles. The van der Waals surface area contributed by atoms with Crippen LogP contribution in [0.4, 0.5) is 5.69 Å². The second-order valence-corrected chi connectivity index (χ2v) is 8.26. The molecule has 0 saturated heterocycles. The molecule has 0 aliphatic rings. The SMILES string of the molecule is CSc1cccc(NC(=O)CSc2nc(-c3ccccc3)c(-c3ccccc3)o2)c1. The van der Waals surface area contributed by atoms with Crippen LogP contribution in [0, 0.1) is 0 Å². The molecule has 150 valence electrons. The zero-order valence-corrected chi connectivity index (χ0v) is 18.0. The molecule has 0 bridgehead atoms. The van der Waals surface area contributed by atoms with Crippen LogP contribution in [0.3, 0.4) is 0 Å². The Labute approximate surface area is 184 Å². The van der Waals surface area contributed by atoms with Crippen molar-refractivity contribution in [2.75, 3.05) is 17.3 Å². The number of nitrogens with zero attached hydrogens (tertiary/aromatic N) is 1. The van der Waals surface area contributed by atoms with Gasteiger partial charge in [-0.3, -0.25) is 4.79 Å². The van der Waals surface area contributed by atoms with Crippen molar-refractivity contribution in [3.05, 3.63) is 84.9 Å². The van der Waals surface area contributed by atoms with Gasteiger partial charge in [0.1, 0.15) is 5.69 Å². The standard InChI is InChI=1S/C24H20N2O2S2/c1-29-20-14-8-13-19(15-20)25-21(27)16-30-24-26-22(17-9-4-2-5-10-17)23(28-24)18-11-6-3-7-12-18/h2-15H,16H2,1H3,(H,25,27). The number of carbonyl (C=O) groups is 1. The molecule has 4 aromatic rings. The van der Waals surface area contributed by atoms with Crippen LogP contribution in [-0.4, -0.2) is 22.9 Å². The summed E-state index contributed by atoms with van der Waals surface area (Å²) in [4.78, 5) is 18.2. The van der Waals surface area contributed by atoms with Gasteiger partial charge in [0.25, 0.3) is 5.22 Å². The number of hydrogen-bond acceptors (Lipinski definition) is 5. The number of oxazole rings is 1. The second-order valence-electron chi connectivity index (χ2n) is 6.46. The van der Waals surface area contributed by atoms with E-state index in [0.717, 1.165) is 27.4 Å². The van der Waals surface area contributed by atoms with Crippen LogP contribution in [0.25, 0.3) is 22.6 Å². The van der Waals surface area contributed by atoms with Crippen LogP contribution in [0.15, 0.2) is 99.5 Å². The zero-order chi connectivity index (χ0) is 20.8. The predicted octanol–water partition coefficient (Wildman–Crippen LogP) is 6.46. The molecule has 0 unspecified atom stereocenters. The van der Waals surface area contributed by atoms with E-state index < -0.39 is 0 Å². The maximum Gasteiger partial charge on any atom is 0.257 e. The number of nitrogens with one attached hydrogen (secondary N) is 1. The lowest BCUT2D eigenvalue weighted by atomic mass is 10.1. The fourth-order valence-electron chi connectivity index (χ4n) is 2.96. The van der Waals surface area contributed by atoms with Crippen molar-refractivity contribution in [1.29, 1.82) is 0 Å². The summed E-state index contributed by atoms with van der Waals surface area (Å²) in [5, 5.41) is 3.40. The van der Waals surface area contributed by atoms with Gasteiger partial charge >= 0.3 is 0 Å². The van der Waals surface area contributed by atoms with Crippen molar-refractivity contribution in [3.8, 4) is 22.6 Å². The van der Waals surface area contributed by atoms with E-state index in [1.165, 1.54) is 11.8 Å². The summed E-state index contributed by atoms with van der Waals surface area (Å²) in [6.07, 6.45) is 2.01. The molecule has 1 aromatic heterocycles. The normalized spacial score (nSPS) is 10.7. The lowest BCUT2D eigenvalue weighted by molar-refractivity contribution is -0.113. The van der Waals surface area contributed by atoms with E-state index in [9.17, 15) is 4.79 Å². The Kier molecular flexibility index (Phi) is 6.57. The number of benzene rings is 3. The zero-order valence-electron chi connectivity index (χ0n) is 16.4. The molecule has 0 aliphatic heterocycles. The van der Waals surface area contributed by atoms with Gasteiger partial charge < -0.3 is 9.73 Å². The first-order valence-electron chi connectivity index (χ1n) is 9.41. The van der Waals surface area contributed by atoms with E-state index >= 15 is 0 Å². The van der Waals surface area contributed by atoms with E-state index in [1.54, 1.807) is 11.8 Å². The smallest absolute Gasteiger partial charge is 0.257 e. The van der Waals surface area contributed by atoms with E-state index in [0.29, 0.717) is 11.0 Å². The van der Waals surface area contributed by atoms with E-state index in [1.807, 2.05) is 91.2 Å². The number of carbonyl (C=O) groups excluding carboxylic acids is 1. The lowest BCUT2D eigenvalue weighted by Crippen LogP contribution is -2.13. The molecule has 1 N–H and O–H groups in total.